The number of hydrogen-bond acceptors (Lipinski definition) is 5. The molecule has 0 saturated carbocycles. The monoisotopic (exact) mass is 313 g/mol. The van der Waals surface area contributed by atoms with Crippen molar-refractivity contribution in [1.29, 1.82) is 0 Å². The second-order valence-electron chi connectivity index (χ2n) is 5.81. The van der Waals surface area contributed by atoms with Gasteiger partial charge in [-0.25, -0.2) is 5.90 Å². The predicted molar refractivity (Wildman–Crippen MR) is 92.7 cm³/mol. The summed E-state index contributed by atoms with van der Waals surface area (Å²) >= 11 is 0. The molecule has 3 rings (SSSR count). The third kappa shape index (κ3) is 3.75. The number of hydrogen-bond donors (Lipinski definition) is 2. The topological polar surface area (TPSA) is 62.0 Å². The standard InChI is InChI=1S/C18H23N3O2/c19-23-12-9-17-14-20(15-5-2-1-3-6-15)10-11-21(17)16-7-4-8-18(22)13-16/h1-8,13,17,22H,9-12,14,19H2. The third-order valence-electron chi connectivity index (χ3n) is 4.33. The summed E-state index contributed by atoms with van der Waals surface area (Å²) in [5, 5.41) is 9.75. The van der Waals surface area contributed by atoms with Crippen molar-refractivity contribution in [1.82, 2.24) is 0 Å². The lowest BCUT2D eigenvalue weighted by atomic mass is 10.1. The Morgan fingerprint density at radius 2 is 1.83 bits per heavy atom. The van der Waals surface area contributed by atoms with Crippen molar-refractivity contribution in [2.24, 2.45) is 5.90 Å². The fourth-order valence-electron chi connectivity index (χ4n) is 3.19. The summed E-state index contributed by atoms with van der Waals surface area (Å²) in [6, 6.07) is 18.2. The average molecular weight is 313 g/mol. The lowest BCUT2D eigenvalue weighted by Crippen LogP contribution is -2.54. The van der Waals surface area contributed by atoms with Crippen molar-refractivity contribution in [3.63, 3.8) is 0 Å². The van der Waals surface area contributed by atoms with E-state index in [2.05, 4.69) is 34.1 Å². The van der Waals surface area contributed by atoms with Gasteiger partial charge in [-0.05, 0) is 30.7 Å². The molecule has 5 heteroatoms. The van der Waals surface area contributed by atoms with Gasteiger partial charge in [0.1, 0.15) is 5.75 Å². The maximum atomic E-state index is 9.75. The number of nitrogens with zero attached hydrogens (tertiary/aromatic N) is 2. The van der Waals surface area contributed by atoms with Crippen LogP contribution in [0.1, 0.15) is 6.42 Å². The van der Waals surface area contributed by atoms with E-state index in [1.807, 2.05) is 24.3 Å². The van der Waals surface area contributed by atoms with Gasteiger partial charge >= 0.3 is 0 Å². The quantitative estimate of drug-likeness (QED) is 0.830. The molecule has 1 atom stereocenters. The first-order chi connectivity index (χ1) is 11.3. The number of piperazine rings is 1. The number of phenolic OH excluding ortho intramolecular Hbond substituents is 1. The average Bonchev–Trinajstić information content (AvgIpc) is 2.60. The Bertz CT molecular complexity index is 621. The number of nitrogens with two attached hydrogens (primary N) is 1. The third-order valence-corrected chi connectivity index (χ3v) is 4.33. The maximum absolute atomic E-state index is 9.75. The van der Waals surface area contributed by atoms with E-state index in [9.17, 15) is 5.11 Å². The highest BCUT2D eigenvalue weighted by Crippen LogP contribution is 2.27. The zero-order valence-electron chi connectivity index (χ0n) is 13.1. The number of phenols is 1. The molecule has 0 amide bonds. The minimum Gasteiger partial charge on any atom is -0.508 e. The molecule has 2 aromatic carbocycles. The summed E-state index contributed by atoms with van der Waals surface area (Å²) in [7, 11) is 0. The van der Waals surface area contributed by atoms with Crippen LogP contribution in [-0.4, -0.2) is 37.4 Å². The van der Waals surface area contributed by atoms with Crippen LogP contribution >= 0.6 is 0 Å². The number of para-hydroxylation sites is 1. The molecule has 1 unspecified atom stereocenters. The fourth-order valence-corrected chi connectivity index (χ4v) is 3.19. The number of anilines is 2. The minimum atomic E-state index is 0.286. The molecule has 0 aromatic heterocycles. The molecule has 0 radical (unpaired) electrons. The van der Waals surface area contributed by atoms with Gasteiger partial charge in [0.05, 0.1) is 6.61 Å². The maximum Gasteiger partial charge on any atom is 0.117 e. The summed E-state index contributed by atoms with van der Waals surface area (Å²) in [5.41, 5.74) is 2.28. The van der Waals surface area contributed by atoms with Gasteiger partial charge in [-0.15, -0.1) is 0 Å². The SMILES string of the molecule is NOCCC1CN(c2ccccc2)CCN1c1cccc(O)c1. The van der Waals surface area contributed by atoms with Crippen molar-refractivity contribution in [3.05, 3.63) is 54.6 Å². The summed E-state index contributed by atoms with van der Waals surface area (Å²) in [4.78, 5) is 9.52. The van der Waals surface area contributed by atoms with Crippen molar-refractivity contribution in [2.75, 3.05) is 36.0 Å². The van der Waals surface area contributed by atoms with Crippen LogP contribution in [0.2, 0.25) is 0 Å². The molecule has 1 aliphatic rings. The Labute approximate surface area is 136 Å². The molecular formula is C18H23N3O2. The molecule has 5 nitrogen and oxygen atoms in total. The first-order valence-electron chi connectivity index (χ1n) is 7.95. The molecule has 2 aromatic rings. The molecular weight excluding hydrogens is 290 g/mol. The van der Waals surface area contributed by atoms with Crippen LogP contribution in [0.25, 0.3) is 0 Å². The lowest BCUT2D eigenvalue weighted by molar-refractivity contribution is 0.129. The molecule has 1 saturated heterocycles. The Balaban J connectivity index is 1.78. The molecule has 3 N–H and O–H groups in total. The van der Waals surface area contributed by atoms with Crippen LogP contribution < -0.4 is 15.7 Å². The van der Waals surface area contributed by atoms with Crippen LogP contribution in [0.4, 0.5) is 11.4 Å². The first kappa shape index (κ1) is 15.6. The minimum absolute atomic E-state index is 0.286. The summed E-state index contributed by atoms with van der Waals surface area (Å²) < 4.78 is 0. The predicted octanol–water partition coefficient (Wildman–Crippen LogP) is 2.37. The molecule has 0 spiro atoms. The second kappa shape index (κ2) is 7.35. The van der Waals surface area contributed by atoms with Crippen molar-refractivity contribution < 1.29 is 9.94 Å². The zero-order valence-corrected chi connectivity index (χ0v) is 13.1. The van der Waals surface area contributed by atoms with Gasteiger partial charge in [-0.1, -0.05) is 24.3 Å². The van der Waals surface area contributed by atoms with Crippen LogP contribution in [0, 0.1) is 0 Å². The normalized spacial score (nSPS) is 18.2. The van der Waals surface area contributed by atoms with E-state index >= 15 is 0 Å². The van der Waals surface area contributed by atoms with E-state index in [4.69, 9.17) is 10.7 Å². The molecule has 1 aliphatic heterocycles. The number of rotatable bonds is 5. The van der Waals surface area contributed by atoms with E-state index in [-0.39, 0.29) is 6.04 Å². The van der Waals surface area contributed by atoms with Gasteiger partial charge in [0.25, 0.3) is 0 Å². The van der Waals surface area contributed by atoms with Gasteiger partial charge in [-0.3, -0.25) is 0 Å². The zero-order chi connectivity index (χ0) is 16.1. The van der Waals surface area contributed by atoms with Gasteiger partial charge in [-0.2, -0.15) is 0 Å². The fraction of sp³-hybridized carbons (Fsp3) is 0.333. The molecule has 23 heavy (non-hydrogen) atoms. The molecule has 0 aliphatic carbocycles. The summed E-state index contributed by atoms with van der Waals surface area (Å²) in [5.74, 6) is 5.52. The largest absolute Gasteiger partial charge is 0.508 e. The number of benzene rings is 2. The van der Waals surface area contributed by atoms with Gasteiger partial charge < -0.3 is 19.7 Å². The van der Waals surface area contributed by atoms with Crippen LogP contribution in [-0.2, 0) is 4.84 Å². The highest BCUT2D eigenvalue weighted by atomic mass is 16.6. The van der Waals surface area contributed by atoms with E-state index in [0.29, 0.717) is 12.4 Å². The van der Waals surface area contributed by atoms with Gasteiger partial charge in [0.15, 0.2) is 0 Å². The molecule has 1 fully saturated rings. The Morgan fingerprint density at radius 3 is 2.57 bits per heavy atom. The Morgan fingerprint density at radius 1 is 1.04 bits per heavy atom. The molecule has 122 valence electrons. The van der Waals surface area contributed by atoms with Gasteiger partial charge in [0.2, 0.25) is 0 Å². The summed E-state index contributed by atoms with van der Waals surface area (Å²) in [6.07, 6.45) is 0.843. The van der Waals surface area contributed by atoms with Crippen LogP contribution in [0.15, 0.2) is 54.6 Å². The number of aromatic hydroxyl groups is 1. The Kier molecular flexibility index (Phi) is 5.00. The van der Waals surface area contributed by atoms with Crippen LogP contribution in [0.3, 0.4) is 0 Å². The van der Waals surface area contributed by atoms with E-state index in [1.165, 1.54) is 5.69 Å². The van der Waals surface area contributed by atoms with Crippen molar-refractivity contribution in [2.45, 2.75) is 12.5 Å². The highest BCUT2D eigenvalue weighted by molar-refractivity contribution is 5.54. The smallest absolute Gasteiger partial charge is 0.117 e. The van der Waals surface area contributed by atoms with Gasteiger partial charge in [0, 0.05) is 43.1 Å². The van der Waals surface area contributed by atoms with E-state index in [0.717, 1.165) is 31.7 Å². The van der Waals surface area contributed by atoms with Crippen molar-refractivity contribution >= 4 is 11.4 Å². The lowest BCUT2D eigenvalue weighted by Gasteiger charge is -2.43. The van der Waals surface area contributed by atoms with E-state index < -0.39 is 0 Å². The first-order valence-corrected chi connectivity index (χ1v) is 7.95. The highest BCUT2D eigenvalue weighted by Gasteiger charge is 2.27. The van der Waals surface area contributed by atoms with E-state index in [1.54, 1.807) is 6.07 Å². The second-order valence-corrected chi connectivity index (χ2v) is 5.81. The van der Waals surface area contributed by atoms with Crippen LogP contribution in [0.5, 0.6) is 5.75 Å². The Hall–Kier alpha value is -2.24. The van der Waals surface area contributed by atoms with Crippen molar-refractivity contribution in [3.8, 4) is 5.75 Å². The molecule has 1 heterocycles. The summed E-state index contributed by atoms with van der Waals surface area (Å²) in [6.45, 7) is 3.26. The molecule has 0 bridgehead atoms.